The molecule has 0 bridgehead atoms. The molecule has 0 spiro atoms. The van der Waals surface area contributed by atoms with Gasteiger partial charge in [-0.2, -0.15) is 0 Å². The summed E-state index contributed by atoms with van der Waals surface area (Å²) in [6, 6.07) is 16.2. The molecule has 2 heterocycles. The van der Waals surface area contributed by atoms with Gasteiger partial charge >= 0.3 is 0 Å². The number of carbonyl (C=O) groups excluding carboxylic acids is 1. The van der Waals surface area contributed by atoms with Gasteiger partial charge < -0.3 is 5.32 Å². The third-order valence-electron chi connectivity index (χ3n) is 4.47. The van der Waals surface area contributed by atoms with Gasteiger partial charge in [-0.25, -0.2) is 4.98 Å². The fourth-order valence-corrected chi connectivity index (χ4v) is 4.18. The molecule has 27 heavy (non-hydrogen) atoms. The molecule has 5 heteroatoms. The molecule has 0 atom stereocenters. The fourth-order valence-electron chi connectivity index (χ4n) is 3.27. The van der Waals surface area contributed by atoms with Crippen molar-refractivity contribution >= 4 is 27.9 Å². The smallest absolute Gasteiger partial charge is 0.224 e. The highest BCUT2D eigenvalue weighted by molar-refractivity contribution is 7.15. The number of amides is 1. The molecule has 0 unspecified atom stereocenters. The maximum absolute atomic E-state index is 12.4. The second-order valence-corrected chi connectivity index (χ2v) is 7.63. The first-order valence-corrected chi connectivity index (χ1v) is 9.85. The van der Waals surface area contributed by atoms with E-state index in [9.17, 15) is 4.79 Å². The number of nitrogens with zero attached hydrogens (tertiary/aromatic N) is 2. The Morgan fingerprint density at radius 2 is 1.85 bits per heavy atom. The Balaban J connectivity index is 1.45. The number of aromatic nitrogens is 2. The summed E-state index contributed by atoms with van der Waals surface area (Å²) < 4.78 is 2.09. The highest BCUT2D eigenvalue weighted by Gasteiger charge is 2.11. The van der Waals surface area contributed by atoms with Crippen LogP contribution in [-0.4, -0.2) is 15.3 Å². The lowest BCUT2D eigenvalue weighted by atomic mass is 10.1. The Bertz CT molecular complexity index is 1080. The zero-order valence-corrected chi connectivity index (χ0v) is 16.2. The highest BCUT2D eigenvalue weighted by Crippen LogP contribution is 2.24. The summed E-state index contributed by atoms with van der Waals surface area (Å²) in [6.07, 6.45) is 3.18. The van der Waals surface area contributed by atoms with Gasteiger partial charge in [-0.15, -0.1) is 11.3 Å². The van der Waals surface area contributed by atoms with Crippen molar-refractivity contribution in [2.24, 2.45) is 0 Å². The van der Waals surface area contributed by atoms with Crippen LogP contribution in [0, 0.1) is 13.8 Å². The predicted molar refractivity (Wildman–Crippen MR) is 111 cm³/mol. The highest BCUT2D eigenvalue weighted by atomic mass is 32.1. The maximum Gasteiger partial charge on any atom is 0.224 e. The summed E-state index contributed by atoms with van der Waals surface area (Å²) in [6.45, 7) is 4.07. The number of rotatable bonds is 5. The summed E-state index contributed by atoms with van der Waals surface area (Å²) in [5.74, 6) is 0.0303. The quantitative estimate of drug-likeness (QED) is 0.518. The van der Waals surface area contributed by atoms with Crippen molar-refractivity contribution in [3.05, 3.63) is 76.9 Å². The number of hydrogen-bond donors (Lipinski definition) is 1. The molecule has 4 rings (SSSR count). The standard InChI is InChI=1S/C22H21N3OS/c1-15-10-16(2)12-18(11-15)23-21(26)9-8-19-14-27-22-24-20(13-25(19)22)17-6-4-3-5-7-17/h3-7,10-14H,8-9H2,1-2H3,(H,23,26). The number of imidazole rings is 1. The van der Waals surface area contributed by atoms with E-state index in [1.807, 2.05) is 44.2 Å². The van der Waals surface area contributed by atoms with Crippen LogP contribution in [0.3, 0.4) is 0 Å². The van der Waals surface area contributed by atoms with Crippen LogP contribution in [0.5, 0.6) is 0 Å². The molecule has 4 nitrogen and oxygen atoms in total. The number of fused-ring (bicyclic) bond motifs is 1. The Labute approximate surface area is 162 Å². The van der Waals surface area contributed by atoms with Crippen molar-refractivity contribution in [3.63, 3.8) is 0 Å². The summed E-state index contributed by atoms with van der Waals surface area (Å²) in [4.78, 5) is 18.0. The van der Waals surface area contributed by atoms with Crippen molar-refractivity contribution in [2.45, 2.75) is 26.7 Å². The van der Waals surface area contributed by atoms with Crippen molar-refractivity contribution in [1.82, 2.24) is 9.38 Å². The zero-order chi connectivity index (χ0) is 18.8. The van der Waals surface area contributed by atoms with Gasteiger partial charge in [0.25, 0.3) is 0 Å². The molecule has 1 amide bonds. The maximum atomic E-state index is 12.4. The van der Waals surface area contributed by atoms with E-state index in [4.69, 9.17) is 4.98 Å². The van der Waals surface area contributed by atoms with E-state index in [0.29, 0.717) is 12.8 Å². The number of benzene rings is 2. The Kier molecular flexibility index (Phi) is 4.77. The van der Waals surface area contributed by atoms with Gasteiger partial charge in [0, 0.05) is 34.9 Å². The van der Waals surface area contributed by atoms with E-state index >= 15 is 0 Å². The van der Waals surface area contributed by atoms with Crippen LogP contribution in [0.25, 0.3) is 16.2 Å². The molecular weight excluding hydrogens is 354 g/mol. The normalized spacial score (nSPS) is 11.0. The molecule has 0 saturated carbocycles. The molecule has 0 aliphatic heterocycles. The van der Waals surface area contributed by atoms with Crippen LogP contribution < -0.4 is 5.32 Å². The van der Waals surface area contributed by atoms with E-state index in [1.54, 1.807) is 11.3 Å². The number of aryl methyl sites for hydroxylation is 3. The largest absolute Gasteiger partial charge is 0.326 e. The minimum Gasteiger partial charge on any atom is -0.326 e. The molecule has 0 aliphatic rings. The Morgan fingerprint density at radius 1 is 1.11 bits per heavy atom. The lowest BCUT2D eigenvalue weighted by Gasteiger charge is -2.07. The second kappa shape index (κ2) is 7.37. The van der Waals surface area contributed by atoms with Gasteiger partial charge in [-0.3, -0.25) is 9.20 Å². The number of hydrogen-bond acceptors (Lipinski definition) is 3. The summed E-state index contributed by atoms with van der Waals surface area (Å²) in [5.41, 5.74) is 6.34. The molecule has 1 N–H and O–H groups in total. The van der Waals surface area contributed by atoms with Crippen LogP contribution in [-0.2, 0) is 11.2 Å². The SMILES string of the molecule is Cc1cc(C)cc(NC(=O)CCc2csc3nc(-c4ccccc4)cn23)c1. The molecule has 4 aromatic rings. The van der Waals surface area contributed by atoms with E-state index < -0.39 is 0 Å². The van der Waals surface area contributed by atoms with Crippen LogP contribution >= 0.6 is 11.3 Å². The van der Waals surface area contributed by atoms with Crippen molar-refractivity contribution in [1.29, 1.82) is 0 Å². The monoisotopic (exact) mass is 375 g/mol. The number of nitrogens with one attached hydrogen (secondary N) is 1. The van der Waals surface area contributed by atoms with Gasteiger partial charge in [0.05, 0.1) is 5.69 Å². The molecular formula is C22H21N3OS. The average molecular weight is 375 g/mol. The first-order valence-electron chi connectivity index (χ1n) is 8.97. The number of thiazole rings is 1. The fraction of sp³-hybridized carbons (Fsp3) is 0.182. The van der Waals surface area contributed by atoms with Crippen LogP contribution in [0.15, 0.2) is 60.1 Å². The third-order valence-corrected chi connectivity index (χ3v) is 5.36. The number of carbonyl (C=O) groups is 1. The lowest BCUT2D eigenvalue weighted by Crippen LogP contribution is -2.13. The average Bonchev–Trinajstić information content (AvgIpc) is 3.21. The van der Waals surface area contributed by atoms with E-state index in [0.717, 1.165) is 38.7 Å². The topological polar surface area (TPSA) is 46.4 Å². The van der Waals surface area contributed by atoms with Gasteiger partial charge in [0.15, 0.2) is 4.96 Å². The van der Waals surface area contributed by atoms with E-state index in [2.05, 4.69) is 39.5 Å². The van der Waals surface area contributed by atoms with Gasteiger partial charge in [-0.1, -0.05) is 36.4 Å². The van der Waals surface area contributed by atoms with Gasteiger partial charge in [0.2, 0.25) is 5.91 Å². The molecule has 2 aromatic carbocycles. The molecule has 0 fully saturated rings. The molecule has 0 radical (unpaired) electrons. The first kappa shape index (κ1) is 17.5. The molecule has 0 aliphatic carbocycles. The van der Waals surface area contributed by atoms with Crippen LogP contribution in [0.4, 0.5) is 5.69 Å². The van der Waals surface area contributed by atoms with Crippen molar-refractivity contribution < 1.29 is 4.79 Å². The lowest BCUT2D eigenvalue weighted by molar-refractivity contribution is -0.116. The minimum absolute atomic E-state index is 0.0303. The van der Waals surface area contributed by atoms with Crippen LogP contribution in [0.2, 0.25) is 0 Å². The summed E-state index contributed by atoms with van der Waals surface area (Å²) in [7, 11) is 0. The third kappa shape index (κ3) is 3.93. The Hall–Kier alpha value is -2.92. The van der Waals surface area contributed by atoms with E-state index in [-0.39, 0.29) is 5.91 Å². The van der Waals surface area contributed by atoms with Gasteiger partial charge in [0.1, 0.15) is 0 Å². The summed E-state index contributed by atoms with van der Waals surface area (Å²) >= 11 is 1.61. The zero-order valence-electron chi connectivity index (χ0n) is 15.4. The minimum atomic E-state index is 0.0303. The van der Waals surface area contributed by atoms with Crippen molar-refractivity contribution in [3.8, 4) is 11.3 Å². The molecule has 136 valence electrons. The van der Waals surface area contributed by atoms with Crippen molar-refractivity contribution in [2.75, 3.05) is 5.32 Å². The van der Waals surface area contributed by atoms with Gasteiger partial charge in [-0.05, 0) is 43.5 Å². The first-order chi connectivity index (χ1) is 13.1. The number of anilines is 1. The predicted octanol–water partition coefficient (Wildman–Crippen LogP) is 5.25. The molecule has 2 aromatic heterocycles. The summed E-state index contributed by atoms with van der Waals surface area (Å²) in [5, 5.41) is 5.09. The van der Waals surface area contributed by atoms with Crippen LogP contribution in [0.1, 0.15) is 23.2 Å². The molecule has 0 saturated heterocycles. The Morgan fingerprint density at radius 3 is 2.59 bits per heavy atom. The van der Waals surface area contributed by atoms with E-state index in [1.165, 1.54) is 0 Å². The second-order valence-electron chi connectivity index (χ2n) is 6.80.